The van der Waals surface area contributed by atoms with Crippen LogP contribution < -0.4 is 5.32 Å². The molecule has 12 heavy (non-hydrogen) atoms. The van der Waals surface area contributed by atoms with Gasteiger partial charge in [0.05, 0.1) is 0 Å². The molecule has 0 saturated heterocycles. The molecule has 0 aliphatic heterocycles. The summed E-state index contributed by atoms with van der Waals surface area (Å²) in [4.78, 5) is 2.25. The van der Waals surface area contributed by atoms with Crippen molar-refractivity contribution in [2.75, 3.05) is 33.7 Å². The second-order valence-corrected chi connectivity index (χ2v) is 3.50. The van der Waals surface area contributed by atoms with Gasteiger partial charge in [0.2, 0.25) is 0 Å². The van der Waals surface area contributed by atoms with E-state index in [0.717, 1.165) is 19.6 Å². The highest BCUT2D eigenvalue weighted by molar-refractivity contribution is 6.25. The molecule has 1 N–H and O–H groups in total. The zero-order valence-corrected chi connectivity index (χ0v) is 8.93. The Morgan fingerprint density at radius 2 is 2.25 bits per heavy atom. The Morgan fingerprint density at radius 1 is 1.58 bits per heavy atom. The van der Waals surface area contributed by atoms with Gasteiger partial charge in [0.1, 0.15) is 0 Å². The first-order chi connectivity index (χ1) is 5.70. The SMILES string of the molecule is CNCC(C)CN(C)C/C=C/Cl. The van der Waals surface area contributed by atoms with E-state index < -0.39 is 0 Å². The standard InChI is InChI=1S/C9H19ClN2/c1-9(7-11-2)8-12(3)6-4-5-10/h4-5,9,11H,6-8H2,1-3H3/b5-4+. The Bertz CT molecular complexity index is 126. The third-order valence-electron chi connectivity index (χ3n) is 1.68. The number of nitrogens with one attached hydrogen (secondary N) is 1. The van der Waals surface area contributed by atoms with E-state index in [-0.39, 0.29) is 0 Å². The molecule has 0 aromatic heterocycles. The van der Waals surface area contributed by atoms with Crippen LogP contribution in [0, 0.1) is 5.92 Å². The minimum Gasteiger partial charge on any atom is -0.319 e. The fourth-order valence-electron chi connectivity index (χ4n) is 1.24. The van der Waals surface area contributed by atoms with Gasteiger partial charge in [-0.1, -0.05) is 24.6 Å². The van der Waals surface area contributed by atoms with Crippen LogP contribution >= 0.6 is 11.6 Å². The molecule has 0 fully saturated rings. The van der Waals surface area contributed by atoms with Crippen molar-refractivity contribution in [1.82, 2.24) is 10.2 Å². The predicted octanol–water partition coefficient (Wildman–Crippen LogP) is 1.53. The van der Waals surface area contributed by atoms with Gasteiger partial charge in [-0.15, -0.1) is 0 Å². The number of likely N-dealkylation sites (N-methyl/N-ethyl adjacent to an activating group) is 1. The molecule has 1 unspecified atom stereocenters. The van der Waals surface area contributed by atoms with Crippen LogP contribution in [0.2, 0.25) is 0 Å². The lowest BCUT2D eigenvalue weighted by Crippen LogP contribution is -2.29. The van der Waals surface area contributed by atoms with Crippen LogP contribution in [0.15, 0.2) is 11.6 Å². The van der Waals surface area contributed by atoms with Gasteiger partial charge >= 0.3 is 0 Å². The summed E-state index contributed by atoms with van der Waals surface area (Å²) in [6.45, 7) is 5.33. The van der Waals surface area contributed by atoms with E-state index >= 15 is 0 Å². The summed E-state index contributed by atoms with van der Waals surface area (Å²) in [5, 5.41) is 3.16. The smallest absolute Gasteiger partial charge is 0.0171 e. The molecular formula is C9H19ClN2. The Hall–Kier alpha value is -0.0500. The summed E-state index contributed by atoms with van der Waals surface area (Å²) in [6, 6.07) is 0. The van der Waals surface area contributed by atoms with Crippen molar-refractivity contribution in [3.63, 3.8) is 0 Å². The third kappa shape index (κ3) is 6.65. The molecule has 0 amide bonds. The zero-order valence-electron chi connectivity index (χ0n) is 8.18. The number of halogens is 1. The molecule has 0 aromatic rings. The van der Waals surface area contributed by atoms with Crippen LogP contribution in [-0.2, 0) is 0 Å². The molecule has 0 saturated carbocycles. The third-order valence-corrected chi connectivity index (χ3v) is 1.86. The number of hydrogen-bond donors (Lipinski definition) is 1. The Kier molecular flexibility index (Phi) is 7.56. The van der Waals surface area contributed by atoms with Gasteiger partial charge < -0.3 is 10.2 Å². The second kappa shape index (κ2) is 7.59. The zero-order chi connectivity index (χ0) is 9.40. The maximum absolute atomic E-state index is 5.42. The lowest BCUT2D eigenvalue weighted by Gasteiger charge is -2.19. The molecular weight excluding hydrogens is 172 g/mol. The van der Waals surface area contributed by atoms with Crippen molar-refractivity contribution in [2.45, 2.75) is 6.92 Å². The molecule has 0 spiro atoms. The Balaban J connectivity index is 3.46. The van der Waals surface area contributed by atoms with Crippen molar-refractivity contribution >= 4 is 11.6 Å². The van der Waals surface area contributed by atoms with Crippen LogP contribution in [0.4, 0.5) is 0 Å². The highest BCUT2D eigenvalue weighted by Crippen LogP contribution is 1.96. The molecule has 3 heteroatoms. The van der Waals surface area contributed by atoms with Gasteiger partial charge in [-0.3, -0.25) is 0 Å². The molecule has 0 radical (unpaired) electrons. The van der Waals surface area contributed by atoms with Gasteiger partial charge in [0.25, 0.3) is 0 Å². The van der Waals surface area contributed by atoms with Gasteiger partial charge in [0.15, 0.2) is 0 Å². The van der Waals surface area contributed by atoms with E-state index in [1.54, 1.807) is 5.54 Å². The minimum absolute atomic E-state index is 0.684. The van der Waals surface area contributed by atoms with E-state index in [0.29, 0.717) is 5.92 Å². The molecule has 0 heterocycles. The molecule has 2 nitrogen and oxygen atoms in total. The largest absolute Gasteiger partial charge is 0.319 e. The van der Waals surface area contributed by atoms with E-state index in [1.807, 2.05) is 13.1 Å². The molecule has 1 atom stereocenters. The lowest BCUT2D eigenvalue weighted by molar-refractivity contribution is 0.308. The average Bonchev–Trinajstić information content (AvgIpc) is 2.01. The summed E-state index contributed by atoms with van der Waals surface area (Å²) in [6.07, 6.45) is 1.95. The van der Waals surface area contributed by atoms with Crippen molar-refractivity contribution in [2.24, 2.45) is 5.92 Å². The van der Waals surface area contributed by atoms with Gasteiger partial charge in [-0.2, -0.15) is 0 Å². The molecule has 0 bridgehead atoms. The maximum Gasteiger partial charge on any atom is 0.0171 e. The van der Waals surface area contributed by atoms with Crippen LogP contribution in [0.3, 0.4) is 0 Å². The summed E-state index contributed by atoms with van der Waals surface area (Å²) >= 11 is 5.42. The normalized spacial score (nSPS) is 14.4. The summed E-state index contributed by atoms with van der Waals surface area (Å²) < 4.78 is 0. The fourth-order valence-corrected chi connectivity index (χ4v) is 1.32. The van der Waals surface area contributed by atoms with E-state index in [2.05, 4.69) is 24.2 Å². The first kappa shape index (κ1) is 11.9. The van der Waals surface area contributed by atoms with Crippen LogP contribution in [-0.4, -0.2) is 38.6 Å². The first-order valence-corrected chi connectivity index (χ1v) is 4.72. The van der Waals surface area contributed by atoms with Crippen molar-refractivity contribution in [1.29, 1.82) is 0 Å². The Labute approximate surface area is 80.6 Å². The second-order valence-electron chi connectivity index (χ2n) is 3.25. The minimum atomic E-state index is 0.684. The number of hydrogen-bond acceptors (Lipinski definition) is 2. The van der Waals surface area contributed by atoms with Crippen molar-refractivity contribution < 1.29 is 0 Å². The summed E-state index contributed by atoms with van der Waals surface area (Å²) in [7, 11) is 4.08. The van der Waals surface area contributed by atoms with Crippen molar-refractivity contribution in [3.05, 3.63) is 11.6 Å². The maximum atomic E-state index is 5.42. The first-order valence-electron chi connectivity index (χ1n) is 4.29. The molecule has 0 aliphatic rings. The number of rotatable bonds is 6. The van der Waals surface area contributed by atoms with E-state index in [1.165, 1.54) is 0 Å². The fraction of sp³-hybridized carbons (Fsp3) is 0.778. The van der Waals surface area contributed by atoms with Gasteiger partial charge in [0, 0.05) is 18.6 Å². The molecule has 0 aliphatic carbocycles. The quantitative estimate of drug-likeness (QED) is 0.684. The van der Waals surface area contributed by atoms with Crippen LogP contribution in [0.25, 0.3) is 0 Å². The molecule has 72 valence electrons. The summed E-state index contributed by atoms with van der Waals surface area (Å²) in [5.41, 5.74) is 1.57. The highest BCUT2D eigenvalue weighted by Gasteiger charge is 2.03. The van der Waals surface area contributed by atoms with Crippen LogP contribution in [0.5, 0.6) is 0 Å². The lowest BCUT2D eigenvalue weighted by atomic mass is 10.2. The van der Waals surface area contributed by atoms with E-state index in [4.69, 9.17) is 11.6 Å². The summed E-state index contributed by atoms with van der Waals surface area (Å²) in [5.74, 6) is 0.684. The topological polar surface area (TPSA) is 15.3 Å². The number of nitrogens with zero attached hydrogens (tertiary/aromatic N) is 1. The van der Waals surface area contributed by atoms with E-state index in [9.17, 15) is 0 Å². The molecule has 0 rings (SSSR count). The van der Waals surface area contributed by atoms with Gasteiger partial charge in [-0.25, -0.2) is 0 Å². The van der Waals surface area contributed by atoms with Crippen LogP contribution in [0.1, 0.15) is 6.92 Å². The van der Waals surface area contributed by atoms with Gasteiger partial charge in [-0.05, 0) is 26.6 Å². The monoisotopic (exact) mass is 190 g/mol. The van der Waals surface area contributed by atoms with Crippen molar-refractivity contribution in [3.8, 4) is 0 Å². The average molecular weight is 191 g/mol. The Morgan fingerprint density at radius 3 is 2.75 bits per heavy atom. The predicted molar refractivity (Wildman–Crippen MR) is 55.6 cm³/mol. The molecule has 0 aromatic carbocycles. The highest BCUT2D eigenvalue weighted by atomic mass is 35.5.